The van der Waals surface area contributed by atoms with E-state index in [0.29, 0.717) is 16.6 Å². The van der Waals surface area contributed by atoms with E-state index in [-0.39, 0.29) is 17.6 Å². The van der Waals surface area contributed by atoms with Gasteiger partial charge in [-0.1, -0.05) is 0 Å². The summed E-state index contributed by atoms with van der Waals surface area (Å²) >= 11 is 1.40. The van der Waals surface area contributed by atoms with Crippen molar-refractivity contribution in [1.82, 2.24) is 20.5 Å². The lowest BCUT2D eigenvalue weighted by Crippen LogP contribution is -2.55. The zero-order valence-electron chi connectivity index (χ0n) is 14.9. The normalized spacial score (nSPS) is 27.2. The van der Waals surface area contributed by atoms with Gasteiger partial charge in [0.15, 0.2) is 5.82 Å². The summed E-state index contributed by atoms with van der Waals surface area (Å²) in [4.78, 5) is 17.4. The molecule has 3 aromatic rings. The molecule has 5 heterocycles. The summed E-state index contributed by atoms with van der Waals surface area (Å²) in [6, 6.07) is 7.78. The van der Waals surface area contributed by atoms with Crippen molar-refractivity contribution < 1.29 is 4.39 Å². The van der Waals surface area contributed by atoms with E-state index >= 15 is 0 Å². The van der Waals surface area contributed by atoms with Gasteiger partial charge in [-0.15, -0.1) is 21.5 Å². The van der Waals surface area contributed by atoms with Crippen LogP contribution in [0.3, 0.4) is 0 Å². The molecule has 2 saturated heterocycles. The molecule has 0 radical (unpaired) electrons. The van der Waals surface area contributed by atoms with E-state index in [4.69, 9.17) is 0 Å². The minimum atomic E-state index is -0.899. The molecule has 2 unspecified atom stereocenters. The molecule has 0 aromatic carbocycles. The molecule has 0 saturated carbocycles. The van der Waals surface area contributed by atoms with Gasteiger partial charge in [0, 0.05) is 30.7 Å². The molecule has 2 bridgehead atoms. The van der Waals surface area contributed by atoms with E-state index in [1.54, 1.807) is 6.20 Å². The first-order chi connectivity index (χ1) is 13.1. The first-order valence-electron chi connectivity index (χ1n) is 9.18. The average Bonchev–Trinajstić information content (AvgIpc) is 3.30. The maximum atomic E-state index is 14.8. The third-order valence-corrected chi connectivity index (χ3v) is 6.93. The van der Waals surface area contributed by atoms with Crippen molar-refractivity contribution in [3.8, 4) is 10.6 Å². The van der Waals surface area contributed by atoms with E-state index in [1.165, 1.54) is 11.3 Å². The quantitative estimate of drug-likeness (QED) is 0.725. The SMILES string of the molecule is CN(c1ccc(-c2cc3cc[nH]c(=O)c3s2)nn1)[C@@H]1CC2CCC(N2)[C@@H]1F. The van der Waals surface area contributed by atoms with E-state index in [1.807, 2.05) is 36.2 Å². The molecule has 4 atom stereocenters. The van der Waals surface area contributed by atoms with Gasteiger partial charge in [-0.05, 0) is 43.5 Å². The summed E-state index contributed by atoms with van der Waals surface area (Å²) in [5, 5.41) is 12.9. The molecule has 0 amide bonds. The molecule has 2 fully saturated rings. The van der Waals surface area contributed by atoms with E-state index in [0.717, 1.165) is 35.2 Å². The van der Waals surface area contributed by atoms with Crippen molar-refractivity contribution in [2.45, 2.75) is 43.6 Å². The fraction of sp³-hybridized carbons (Fsp3) is 0.421. The molecular formula is C19H20FN5OS. The van der Waals surface area contributed by atoms with E-state index in [9.17, 15) is 9.18 Å². The predicted octanol–water partition coefficient (Wildman–Crippen LogP) is 2.71. The highest BCUT2D eigenvalue weighted by Crippen LogP contribution is 2.34. The summed E-state index contributed by atoms with van der Waals surface area (Å²) in [6.07, 6.45) is 3.49. The van der Waals surface area contributed by atoms with Crippen LogP contribution < -0.4 is 15.8 Å². The van der Waals surface area contributed by atoms with Gasteiger partial charge in [-0.3, -0.25) is 4.79 Å². The van der Waals surface area contributed by atoms with Crippen molar-refractivity contribution in [1.29, 1.82) is 0 Å². The highest BCUT2D eigenvalue weighted by molar-refractivity contribution is 7.22. The number of nitrogens with one attached hydrogen (secondary N) is 2. The second kappa shape index (κ2) is 6.38. The Morgan fingerprint density at radius 3 is 2.93 bits per heavy atom. The first kappa shape index (κ1) is 16.8. The summed E-state index contributed by atoms with van der Waals surface area (Å²) in [5.74, 6) is 0.673. The predicted molar refractivity (Wildman–Crippen MR) is 105 cm³/mol. The van der Waals surface area contributed by atoms with Crippen LogP contribution in [0, 0.1) is 0 Å². The number of alkyl halides is 1. The van der Waals surface area contributed by atoms with Crippen LogP contribution in [0.5, 0.6) is 0 Å². The number of anilines is 1. The van der Waals surface area contributed by atoms with Crippen LogP contribution in [0.25, 0.3) is 20.7 Å². The second-order valence-electron chi connectivity index (χ2n) is 7.38. The Labute approximate surface area is 159 Å². The molecular weight excluding hydrogens is 365 g/mol. The molecule has 0 aliphatic carbocycles. The molecule has 2 aliphatic heterocycles. The van der Waals surface area contributed by atoms with Gasteiger partial charge in [0.05, 0.1) is 10.9 Å². The smallest absolute Gasteiger partial charge is 0.265 e. The van der Waals surface area contributed by atoms with Crippen LogP contribution >= 0.6 is 11.3 Å². The minimum Gasteiger partial charge on any atom is -0.352 e. The number of hydrogen-bond acceptors (Lipinski definition) is 6. The van der Waals surface area contributed by atoms with Crippen LogP contribution in [0.15, 0.2) is 35.3 Å². The Bertz CT molecular complexity index is 1030. The van der Waals surface area contributed by atoms with Crippen molar-refractivity contribution in [2.24, 2.45) is 0 Å². The van der Waals surface area contributed by atoms with Crippen LogP contribution in [-0.4, -0.2) is 46.5 Å². The van der Waals surface area contributed by atoms with Gasteiger partial charge >= 0.3 is 0 Å². The van der Waals surface area contributed by atoms with Gasteiger partial charge < -0.3 is 15.2 Å². The highest BCUT2D eigenvalue weighted by Gasteiger charge is 2.43. The fourth-order valence-corrected chi connectivity index (χ4v) is 5.28. The zero-order valence-corrected chi connectivity index (χ0v) is 15.7. The van der Waals surface area contributed by atoms with Crippen LogP contribution in [0.1, 0.15) is 19.3 Å². The molecule has 2 aliphatic rings. The van der Waals surface area contributed by atoms with Crippen molar-refractivity contribution in [3.05, 3.63) is 40.8 Å². The summed E-state index contributed by atoms with van der Waals surface area (Å²) in [6.45, 7) is 0. The number of aromatic amines is 1. The maximum Gasteiger partial charge on any atom is 0.265 e. The number of pyridine rings is 1. The zero-order chi connectivity index (χ0) is 18.5. The Kier molecular flexibility index (Phi) is 3.98. The first-order valence-corrected chi connectivity index (χ1v) is 10.00. The van der Waals surface area contributed by atoms with E-state index < -0.39 is 6.17 Å². The molecule has 140 valence electrons. The number of rotatable bonds is 3. The van der Waals surface area contributed by atoms with Gasteiger partial charge in [0.2, 0.25) is 0 Å². The second-order valence-corrected chi connectivity index (χ2v) is 8.44. The van der Waals surface area contributed by atoms with Crippen LogP contribution in [0.4, 0.5) is 10.2 Å². The van der Waals surface area contributed by atoms with Crippen molar-refractivity contribution in [3.63, 3.8) is 0 Å². The third-order valence-electron chi connectivity index (χ3n) is 5.76. The number of H-pyrrole nitrogens is 1. The van der Waals surface area contributed by atoms with Crippen LogP contribution in [0.2, 0.25) is 0 Å². The molecule has 5 rings (SSSR count). The van der Waals surface area contributed by atoms with Crippen LogP contribution in [-0.2, 0) is 0 Å². The number of thiophene rings is 1. The number of piperidine rings is 1. The third kappa shape index (κ3) is 2.83. The monoisotopic (exact) mass is 385 g/mol. The number of fused-ring (bicyclic) bond motifs is 3. The molecule has 2 N–H and O–H groups in total. The average molecular weight is 385 g/mol. The molecule has 8 heteroatoms. The topological polar surface area (TPSA) is 73.9 Å². The number of halogens is 1. The molecule has 6 nitrogen and oxygen atoms in total. The lowest BCUT2D eigenvalue weighted by atomic mass is 9.96. The molecule has 27 heavy (non-hydrogen) atoms. The Morgan fingerprint density at radius 1 is 1.26 bits per heavy atom. The molecule has 3 aromatic heterocycles. The van der Waals surface area contributed by atoms with Crippen molar-refractivity contribution in [2.75, 3.05) is 11.9 Å². The summed E-state index contributed by atoms with van der Waals surface area (Å²) < 4.78 is 15.5. The van der Waals surface area contributed by atoms with Gasteiger partial charge in [-0.25, -0.2) is 4.39 Å². The standard InChI is InChI=1S/C19H20FN5OS/c1-25(14-9-11-2-3-13(22-11)17(14)20)16-5-4-12(23-24-16)15-8-10-6-7-21-19(26)18(10)27-15/h4-8,11,13-14,17,22H,2-3,9H2,1H3,(H,21,26)/t11?,13?,14-,17+/m1/s1. The minimum absolute atomic E-state index is 0.0416. The Morgan fingerprint density at radius 2 is 2.15 bits per heavy atom. The number of aromatic nitrogens is 3. The fourth-order valence-electron chi connectivity index (χ4n) is 4.27. The Hall–Kier alpha value is -2.32. The summed E-state index contributed by atoms with van der Waals surface area (Å²) in [7, 11) is 1.89. The highest BCUT2D eigenvalue weighted by atomic mass is 32.1. The Balaban J connectivity index is 1.41. The largest absolute Gasteiger partial charge is 0.352 e. The molecule has 0 spiro atoms. The van der Waals surface area contributed by atoms with Crippen molar-refractivity contribution >= 4 is 27.2 Å². The lowest BCUT2D eigenvalue weighted by Gasteiger charge is -2.38. The van der Waals surface area contributed by atoms with E-state index in [2.05, 4.69) is 20.5 Å². The number of nitrogens with zero attached hydrogens (tertiary/aromatic N) is 3. The van der Waals surface area contributed by atoms with Gasteiger partial charge in [0.25, 0.3) is 5.56 Å². The maximum absolute atomic E-state index is 14.8. The lowest BCUT2D eigenvalue weighted by molar-refractivity contribution is 0.176. The van der Waals surface area contributed by atoms with Gasteiger partial charge in [0.1, 0.15) is 16.6 Å². The summed E-state index contributed by atoms with van der Waals surface area (Å²) in [5.41, 5.74) is 0.623. The van der Waals surface area contributed by atoms with Gasteiger partial charge in [-0.2, -0.15) is 0 Å². The number of hydrogen-bond donors (Lipinski definition) is 2.